The quantitative estimate of drug-likeness (QED) is 0.599. The summed E-state index contributed by atoms with van der Waals surface area (Å²) in [7, 11) is 1.17. The van der Waals surface area contributed by atoms with Crippen molar-refractivity contribution >= 4 is 12.6 Å². The van der Waals surface area contributed by atoms with Crippen LogP contribution in [0, 0.1) is 6.92 Å². The second-order valence-corrected chi connectivity index (χ2v) is 6.12. The predicted octanol–water partition coefficient (Wildman–Crippen LogP) is 1.11. The van der Waals surface area contributed by atoms with E-state index in [1.54, 1.807) is 13.3 Å². The summed E-state index contributed by atoms with van der Waals surface area (Å²) in [5.74, 6) is 0. The van der Waals surface area contributed by atoms with Gasteiger partial charge in [-0.05, 0) is 34.6 Å². The molecule has 1 saturated heterocycles. The third-order valence-electron chi connectivity index (χ3n) is 4.02. The maximum atomic E-state index is 6.01. The molecule has 0 N–H and O–H groups in total. The van der Waals surface area contributed by atoms with E-state index in [1.807, 2.05) is 34.6 Å². The van der Waals surface area contributed by atoms with Gasteiger partial charge in [0.2, 0.25) is 0 Å². The third-order valence-corrected chi connectivity index (χ3v) is 4.02. The third kappa shape index (κ3) is 3.36. The van der Waals surface area contributed by atoms with Crippen molar-refractivity contribution in [2.75, 3.05) is 20.3 Å². The smallest absolute Gasteiger partial charge is 0.461 e. The second-order valence-electron chi connectivity index (χ2n) is 6.12. The molecule has 0 unspecified atom stereocenters. The highest BCUT2D eigenvalue weighted by Gasteiger charge is 2.52. The Hall–Kier alpha value is -1.18. The molecule has 0 amide bonds. The van der Waals surface area contributed by atoms with Gasteiger partial charge >= 0.3 is 13.1 Å². The molecule has 2 rings (SSSR count). The highest BCUT2D eigenvalue weighted by atomic mass is 16.7. The molecule has 0 aliphatic carbocycles. The van der Waals surface area contributed by atoms with Crippen LogP contribution in [-0.4, -0.2) is 48.6 Å². The molecule has 7 heteroatoms. The van der Waals surface area contributed by atoms with E-state index in [1.165, 1.54) is 0 Å². The number of ether oxygens (including phenoxy) is 2. The number of methoxy groups -OCH3 is 1. The molecule has 2 heterocycles. The molecule has 0 aromatic carbocycles. The molecule has 1 aliphatic heterocycles. The van der Waals surface area contributed by atoms with E-state index in [-0.39, 0.29) is 11.2 Å². The molecule has 1 aromatic heterocycles. The number of rotatable bonds is 5. The fourth-order valence-electron chi connectivity index (χ4n) is 1.94. The van der Waals surface area contributed by atoms with E-state index in [0.717, 1.165) is 11.2 Å². The predicted molar refractivity (Wildman–Crippen MR) is 79.9 cm³/mol. The SMILES string of the molecule is COCCOc1ncc(B2OC(C)(C)C(C)(C)O2)c(C)n1. The zero-order valence-electron chi connectivity index (χ0n) is 13.6. The number of aryl methyl sites for hydroxylation is 1. The molecule has 0 radical (unpaired) electrons. The maximum Gasteiger partial charge on any atom is 0.498 e. The van der Waals surface area contributed by atoms with Gasteiger partial charge in [-0.2, -0.15) is 0 Å². The molecule has 116 valence electrons. The standard InChI is InChI=1S/C14H23BN2O4/c1-10-11(9-16-12(17-10)19-8-7-18-6)15-20-13(2,3)14(4,5)21-15/h9H,7-8H2,1-6H3. The minimum atomic E-state index is -0.456. The van der Waals surface area contributed by atoms with Crippen molar-refractivity contribution in [2.24, 2.45) is 0 Å². The molecular weight excluding hydrogens is 271 g/mol. The van der Waals surface area contributed by atoms with Crippen LogP contribution in [0.1, 0.15) is 33.4 Å². The lowest BCUT2D eigenvalue weighted by Crippen LogP contribution is -2.41. The molecule has 1 aliphatic rings. The Kier molecular flexibility index (Phi) is 4.56. The summed E-state index contributed by atoms with van der Waals surface area (Å²) >= 11 is 0. The van der Waals surface area contributed by atoms with Crippen LogP contribution in [0.2, 0.25) is 0 Å². The van der Waals surface area contributed by atoms with Crippen LogP contribution < -0.4 is 10.2 Å². The summed E-state index contributed by atoms with van der Waals surface area (Å²) in [5, 5.41) is 0. The van der Waals surface area contributed by atoms with Gasteiger partial charge in [0, 0.05) is 24.5 Å². The lowest BCUT2D eigenvalue weighted by molar-refractivity contribution is 0.00578. The zero-order chi connectivity index (χ0) is 15.7. The van der Waals surface area contributed by atoms with E-state index < -0.39 is 7.12 Å². The average Bonchev–Trinajstić information content (AvgIpc) is 2.58. The van der Waals surface area contributed by atoms with Gasteiger partial charge in [-0.1, -0.05) is 0 Å². The topological polar surface area (TPSA) is 62.7 Å². The highest BCUT2D eigenvalue weighted by molar-refractivity contribution is 6.62. The first-order valence-corrected chi connectivity index (χ1v) is 7.08. The summed E-state index contributed by atoms with van der Waals surface area (Å²) in [4.78, 5) is 8.54. The fraction of sp³-hybridized carbons (Fsp3) is 0.714. The molecule has 0 saturated carbocycles. The van der Waals surface area contributed by atoms with Gasteiger partial charge in [0.15, 0.2) is 0 Å². The molecule has 21 heavy (non-hydrogen) atoms. The van der Waals surface area contributed by atoms with Gasteiger partial charge in [0.25, 0.3) is 0 Å². The van der Waals surface area contributed by atoms with Gasteiger partial charge in [0.05, 0.1) is 17.8 Å². The van der Waals surface area contributed by atoms with Gasteiger partial charge in [0.1, 0.15) is 6.61 Å². The van der Waals surface area contributed by atoms with Crippen LogP contribution in [0.15, 0.2) is 6.20 Å². The van der Waals surface area contributed by atoms with Crippen LogP contribution in [0.5, 0.6) is 6.01 Å². The van der Waals surface area contributed by atoms with E-state index in [2.05, 4.69) is 9.97 Å². The van der Waals surface area contributed by atoms with Crippen molar-refractivity contribution in [2.45, 2.75) is 45.8 Å². The van der Waals surface area contributed by atoms with Crippen molar-refractivity contribution in [3.63, 3.8) is 0 Å². The van der Waals surface area contributed by atoms with Crippen LogP contribution in [0.3, 0.4) is 0 Å². The van der Waals surface area contributed by atoms with Crippen molar-refractivity contribution in [1.82, 2.24) is 9.97 Å². The molecule has 1 fully saturated rings. The zero-order valence-corrected chi connectivity index (χ0v) is 13.6. The summed E-state index contributed by atoms with van der Waals surface area (Å²) in [6.07, 6.45) is 1.70. The largest absolute Gasteiger partial charge is 0.498 e. The second kappa shape index (κ2) is 5.91. The highest BCUT2D eigenvalue weighted by Crippen LogP contribution is 2.36. The average molecular weight is 294 g/mol. The van der Waals surface area contributed by atoms with Crippen LogP contribution in [0.25, 0.3) is 0 Å². The number of hydrogen-bond donors (Lipinski definition) is 0. The van der Waals surface area contributed by atoms with Gasteiger partial charge in [-0.25, -0.2) is 9.97 Å². The summed E-state index contributed by atoms with van der Waals surface area (Å²) in [6.45, 7) is 10.9. The van der Waals surface area contributed by atoms with Gasteiger partial charge in [-0.3, -0.25) is 0 Å². The lowest BCUT2D eigenvalue weighted by Gasteiger charge is -2.32. The molecule has 6 nitrogen and oxygen atoms in total. The molecule has 0 bridgehead atoms. The minimum absolute atomic E-state index is 0.338. The molecule has 1 aromatic rings. The number of nitrogens with zero attached hydrogens (tertiary/aromatic N) is 2. The van der Waals surface area contributed by atoms with Crippen molar-refractivity contribution in [1.29, 1.82) is 0 Å². The Morgan fingerprint density at radius 2 is 1.76 bits per heavy atom. The Balaban J connectivity index is 2.12. The first kappa shape index (κ1) is 16.2. The van der Waals surface area contributed by atoms with Crippen molar-refractivity contribution < 1.29 is 18.8 Å². The Morgan fingerprint density at radius 1 is 1.14 bits per heavy atom. The van der Waals surface area contributed by atoms with E-state index >= 15 is 0 Å². The monoisotopic (exact) mass is 294 g/mol. The number of hydrogen-bond acceptors (Lipinski definition) is 6. The Labute approximate surface area is 126 Å². The number of aromatic nitrogens is 2. The summed E-state index contributed by atoms with van der Waals surface area (Å²) in [5.41, 5.74) is 0.860. The van der Waals surface area contributed by atoms with E-state index in [0.29, 0.717) is 19.2 Å². The normalized spacial score (nSPS) is 19.8. The van der Waals surface area contributed by atoms with E-state index in [4.69, 9.17) is 18.8 Å². The first-order valence-electron chi connectivity index (χ1n) is 7.08. The Morgan fingerprint density at radius 3 is 2.29 bits per heavy atom. The summed E-state index contributed by atoms with van der Waals surface area (Å²) in [6, 6.07) is 0.338. The maximum absolute atomic E-state index is 6.01. The van der Waals surface area contributed by atoms with Crippen LogP contribution >= 0.6 is 0 Å². The molecular formula is C14H23BN2O4. The molecule has 0 spiro atoms. The summed E-state index contributed by atoms with van der Waals surface area (Å²) < 4.78 is 22.3. The Bertz CT molecular complexity index is 492. The van der Waals surface area contributed by atoms with Gasteiger partial charge in [-0.15, -0.1) is 0 Å². The first-order chi connectivity index (χ1) is 9.77. The van der Waals surface area contributed by atoms with Gasteiger partial charge < -0.3 is 18.8 Å². The minimum Gasteiger partial charge on any atom is -0.461 e. The molecule has 0 atom stereocenters. The van der Waals surface area contributed by atoms with Crippen LogP contribution in [0.4, 0.5) is 0 Å². The van der Waals surface area contributed by atoms with Crippen molar-refractivity contribution in [3.8, 4) is 6.01 Å². The fourth-order valence-corrected chi connectivity index (χ4v) is 1.94. The van der Waals surface area contributed by atoms with Crippen LogP contribution in [-0.2, 0) is 14.0 Å². The van der Waals surface area contributed by atoms with Crippen molar-refractivity contribution in [3.05, 3.63) is 11.9 Å². The lowest BCUT2D eigenvalue weighted by atomic mass is 9.79. The van der Waals surface area contributed by atoms with E-state index in [9.17, 15) is 0 Å².